The van der Waals surface area contributed by atoms with Crippen LogP contribution in [0.25, 0.3) is 0 Å². The van der Waals surface area contributed by atoms with Gasteiger partial charge < -0.3 is 11.1 Å². The summed E-state index contributed by atoms with van der Waals surface area (Å²) in [5.74, 6) is -0.499. The van der Waals surface area contributed by atoms with Gasteiger partial charge in [0.15, 0.2) is 0 Å². The lowest BCUT2D eigenvalue weighted by molar-refractivity contribution is -0.137. The molecule has 0 aliphatic rings. The highest BCUT2D eigenvalue weighted by molar-refractivity contribution is 5.46. The summed E-state index contributed by atoms with van der Waals surface area (Å²) in [5.41, 5.74) is 4.57. The van der Waals surface area contributed by atoms with Crippen molar-refractivity contribution in [3.05, 3.63) is 29.6 Å². The SMILES string of the molecule is CC(CN)CCCNc1ccc(C(F)(F)F)cc1F. The normalized spacial score (nSPS) is 13.4. The number of nitrogens with one attached hydrogen (secondary N) is 1. The summed E-state index contributed by atoms with van der Waals surface area (Å²) in [6.07, 6.45) is -2.83. The Morgan fingerprint density at radius 3 is 2.53 bits per heavy atom. The molecule has 19 heavy (non-hydrogen) atoms. The first-order valence-corrected chi connectivity index (χ1v) is 6.15. The van der Waals surface area contributed by atoms with Crippen molar-refractivity contribution >= 4 is 5.69 Å². The van der Waals surface area contributed by atoms with Crippen LogP contribution in [-0.2, 0) is 6.18 Å². The van der Waals surface area contributed by atoms with E-state index in [1.807, 2.05) is 6.92 Å². The Morgan fingerprint density at radius 1 is 1.32 bits per heavy atom. The zero-order valence-corrected chi connectivity index (χ0v) is 10.7. The number of nitrogens with two attached hydrogens (primary N) is 1. The van der Waals surface area contributed by atoms with Gasteiger partial charge in [0.2, 0.25) is 0 Å². The van der Waals surface area contributed by atoms with Crippen LogP contribution in [0, 0.1) is 11.7 Å². The summed E-state index contributed by atoms with van der Waals surface area (Å²) < 4.78 is 50.5. The third kappa shape index (κ3) is 5.06. The molecule has 0 bridgehead atoms. The molecule has 108 valence electrons. The van der Waals surface area contributed by atoms with Crippen LogP contribution in [0.4, 0.5) is 23.2 Å². The molecule has 0 aliphatic carbocycles. The molecular formula is C13H18F4N2. The van der Waals surface area contributed by atoms with Gasteiger partial charge in [0.25, 0.3) is 0 Å². The van der Waals surface area contributed by atoms with Gasteiger partial charge >= 0.3 is 6.18 Å². The molecule has 0 aromatic heterocycles. The molecule has 1 atom stereocenters. The largest absolute Gasteiger partial charge is 0.416 e. The van der Waals surface area contributed by atoms with Crippen molar-refractivity contribution < 1.29 is 17.6 Å². The molecule has 0 heterocycles. The first-order valence-electron chi connectivity index (χ1n) is 6.15. The standard InChI is InChI=1S/C13H18F4N2/c1-9(8-18)3-2-6-19-12-5-4-10(7-11(12)14)13(15,16)17/h4-5,7,9,19H,2-3,6,8,18H2,1H3. The average molecular weight is 278 g/mol. The van der Waals surface area contributed by atoms with Crippen molar-refractivity contribution in [1.29, 1.82) is 0 Å². The van der Waals surface area contributed by atoms with Gasteiger partial charge in [-0.1, -0.05) is 6.92 Å². The number of alkyl halides is 3. The Labute approximate surface area is 110 Å². The van der Waals surface area contributed by atoms with Crippen molar-refractivity contribution in [3.8, 4) is 0 Å². The van der Waals surface area contributed by atoms with E-state index in [2.05, 4.69) is 5.32 Å². The van der Waals surface area contributed by atoms with Crippen LogP contribution in [0.3, 0.4) is 0 Å². The fourth-order valence-electron chi connectivity index (χ4n) is 1.63. The van der Waals surface area contributed by atoms with Crippen LogP contribution < -0.4 is 11.1 Å². The lowest BCUT2D eigenvalue weighted by atomic mass is 10.1. The summed E-state index contributed by atoms with van der Waals surface area (Å²) in [5, 5.41) is 2.79. The van der Waals surface area contributed by atoms with Crippen LogP contribution in [0.15, 0.2) is 18.2 Å². The van der Waals surface area contributed by atoms with Gasteiger partial charge in [-0.3, -0.25) is 0 Å². The minimum absolute atomic E-state index is 0.0911. The molecule has 1 aromatic rings. The number of hydrogen-bond acceptors (Lipinski definition) is 2. The number of anilines is 1. The monoisotopic (exact) mass is 278 g/mol. The molecule has 0 fully saturated rings. The maximum Gasteiger partial charge on any atom is 0.416 e. The van der Waals surface area contributed by atoms with Crippen LogP contribution in [0.2, 0.25) is 0 Å². The lowest BCUT2D eigenvalue weighted by Gasteiger charge is -2.12. The summed E-state index contributed by atoms with van der Waals surface area (Å²) in [4.78, 5) is 0. The van der Waals surface area contributed by atoms with Crippen molar-refractivity contribution in [3.63, 3.8) is 0 Å². The first kappa shape index (κ1) is 15.8. The molecular weight excluding hydrogens is 260 g/mol. The summed E-state index contributed by atoms with van der Waals surface area (Å²) in [6, 6.07) is 2.49. The molecule has 1 rings (SSSR count). The number of rotatable bonds is 6. The summed E-state index contributed by atoms with van der Waals surface area (Å²) in [6.45, 7) is 3.11. The second kappa shape index (κ2) is 6.75. The van der Waals surface area contributed by atoms with E-state index in [4.69, 9.17) is 5.73 Å². The molecule has 6 heteroatoms. The molecule has 0 saturated carbocycles. The van der Waals surface area contributed by atoms with E-state index in [9.17, 15) is 17.6 Å². The Kier molecular flexibility index (Phi) is 5.60. The highest BCUT2D eigenvalue weighted by Gasteiger charge is 2.31. The van der Waals surface area contributed by atoms with Crippen molar-refractivity contribution in [2.24, 2.45) is 11.7 Å². The van der Waals surface area contributed by atoms with Crippen LogP contribution in [0.5, 0.6) is 0 Å². The van der Waals surface area contributed by atoms with E-state index in [1.165, 1.54) is 0 Å². The Bertz CT molecular complexity index is 404. The third-order valence-corrected chi connectivity index (χ3v) is 2.89. The Hall–Kier alpha value is -1.30. The fraction of sp³-hybridized carbons (Fsp3) is 0.538. The van der Waals surface area contributed by atoms with Gasteiger partial charge in [-0.2, -0.15) is 13.2 Å². The van der Waals surface area contributed by atoms with Crippen molar-refractivity contribution in [1.82, 2.24) is 0 Å². The van der Waals surface area contributed by atoms with Gasteiger partial charge in [-0.05, 0) is 43.5 Å². The molecule has 1 aromatic carbocycles. The summed E-state index contributed by atoms with van der Waals surface area (Å²) >= 11 is 0. The van der Waals surface area contributed by atoms with Crippen molar-refractivity contribution in [2.75, 3.05) is 18.4 Å². The molecule has 0 amide bonds. The maximum absolute atomic E-state index is 13.4. The van der Waals surface area contributed by atoms with E-state index in [0.29, 0.717) is 25.1 Å². The van der Waals surface area contributed by atoms with Gasteiger partial charge in [0.05, 0.1) is 11.3 Å². The molecule has 2 nitrogen and oxygen atoms in total. The van der Waals surface area contributed by atoms with Gasteiger partial charge in [-0.15, -0.1) is 0 Å². The number of hydrogen-bond donors (Lipinski definition) is 2. The molecule has 3 N–H and O–H groups in total. The van der Waals surface area contributed by atoms with Crippen LogP contribution in [0.1, 0.15) is 25.3 Å². The predicted molar refractivity (Wildman–Crippen MR) is 67.3 cm³/mol. The van der Waals surface area contributed by atoms with E-state index in [1.54, 1.807) is 0 Å². The molecule has 0 radical (unpaired) electrons. The van der Waals surface area contributed by atoms with Crippen LogP contribution in [-0.4, -0.2) is 13.1 Å². The highest BCUT2D eigenvalue weighted by Crippen LogP contribution is 2.31. The Balaban J connectivity index is 2.52. The minimum Gasteiger partial charge on any atom is -0.383 e. The topological polar surface area (TPSA) is 38.0 Å². The van der Waals surface area contributed by atoms with Gasteiger partial charge in [0.1, 0.15) is 5.82 Å². The molecule has 1 unspecified atom stereocenters. The second-order valence-electron chi connectivity index (χ2n) is 4.60. The lowest BCUT2D eigenvalue weighted by Crippen LogP contribution is -2.13. The average Bonchev–Trinajstić information content (AvgIpc) is 2.34. The predicted octanol–water partition coefficient (Wildman–Crippen LogP) is 3.63. The highest BCUT2D eigenvalue weighted by atomic mass is 19.4. The van der Waals surface area contributed by atoms with E-state index in [-0.39, 0.29) is 5.69 Å². The summed E-state index contributed by atoms with van der Waals surface area (Å²) in [7, 11) is 0. The van der Waals surface area contributed by atoms with Crippen LogP contribution >= 0.6 is 0 Å². The molecule has 0 aliphatic heterocycles. The second-order valence-corrected chi connectivity index (χ2v) is 4.60. The van der Waals surface area contributed by atoms with E-state index >= 15 is 0 Å². The van der Waals surface area contributed by atoms with Gasteiger partial charge in [-0.25, -0.2) is 4.39 Å². The quantitative estimate of drug-likeness (QED) is 0.616. The van der Waals surface area contributed by atoms with E-state index < -0.39 is 17.6 Å². The fourth-order valence-corrected chi connectivity index (χ4v) is 1.63. The first-order chi connectivity index (χ1) is 8.84. The minimum atomic E-state index is -4.52. The maximum atomic E-state index is 13.4. The number of halogens is 4. The smallest absolute Gasteiger partial charge is 0.383 e. The van der Waals surface area contributed by atoms with Crippen molar-refractivity contribution in [2.45, 2.75) is 25.9 Å². The molecule has 0 saturated heterocycles. The zero-order chi connectivity index (χ0) is 14.5. The molecule has 0 spiro atoms. The van der Waals surface area contributed by atoms with E-state index in [0.717, 1.165) is 25.0 Å². The third-order valence-electron chi connectivity index (χ3n) is 2.89. The van der Waals surface area contributed by atoms with Gasteiger partial charge in [0, 0.05) is 6.54 Å². The zero-order valence-electron chi connectivity index (χ0n) is 10.7. The number of benzene rings is 1. The Morgan fingerprint density at radius 2 is 2.00 bits per heavy atom.